The van der Waals surface area contributed by atoms with Crippen LogP contribution < -0.4 is 10.9 Å². The third kappa shape index (κ3) is 4.56. The summed E-state index contributed by atoms with van der Waals surface area (Å²) in [5.74, 6) is 1.09. The fraction of sp³-hybridized carbons (Fsp3) is 0.700. The zero-order valence-electron chi connectivity index (χ0n) is 16.5. The van der Waals surface area contributed by atoms with E-state index in [2.05, 4.69) is 27.8 Å². The molecule has 2 bridgehead atoms. The predicted octanol–water partition coefficient (Wildman–Crippen LogP) is 1.88. The monoisotopic (exact) mass is 430 g/mol. The van der Waals surface area contributed by atoms with Gasteiger partial charge in [-0.2, -0.15) is 0 Å². The Labute approximate surface area is 179 Å². The van der Waals surface area contributed by atoms with Gasteiger partial charge < -0.3 is 14.8 Å². The van der Waals surface area contributed by atoms with Crippen LogP contribution in [0.4, 0.5) is 0 Å². The van der Waals surface area contributed by atoms with Crippen molar-refractivity contribution in [2.45, 2.75) is 38.1 Å². The van der Waals surface area contributed by atoms with E-state index in [-0.39, 0.29) is 42.3 Å². The summed E-state index contributed by atoms with van der Waals surface area (Å²) < 4.78 is 2.07. The second kappa shape index (κ2) is 10.1. The van der Waals surface area contributed by atoms with Crippen molar-refractivity contribution in [1.29, 1.82) is 0 Å². The van der Waals surface area contributed by atoms with Crippen LogP contribution in [0.3, 0.4) is 0 Å². The topological polar surface area (TPSA) is 57.6 Å². The van der Waals surface area contributed by atoms with Crippen molar-refractivity contribution < 1.29 is 4.79 Å². The molecule has 1 N–H and O–H groups in total. The van der Waals surface area contributed by atoms with Crippen LogP contribution in [0.15, 0.2) is 23.0 Å². The third-order valence-electron chi connectivity index (χ3n) is 6.29. The Morgan fingerprint density at radius 3 is 2.64 bits per heavy atom. The smallest absolute Gasteiger partial charge is 0.250 e. The van der Waals surface area contributed by atoms with E-state index < -0.39 is 0 Å². The highest BCUT2D eigenvalue weighted by Crippen LogP contribution is 2.42. The number of rotatable bonds is 4. The Hall–Kier alpha value is -1.08. The maximum atomic E-state index is 12.7. The van der Waals surface area contributed by atoms with Crippen molar-refractivity contribution in [3.8, 4) is 0 Å². The normalized spacial score (nSPS) is 26.6. The maximum absolute atomic E-state index is 12.7. The Kier molecular flexibility index (Phi) is 8.37. The van der Waals surface area contributed by atoms with Crippen molar-refractivity contribution in [2.75, 3.05) is 45.8 Å². The van der Waals surface area contributed by atoms with E-state index in [0.29, 0.717) is 18.4 Å². The number of piperidine rings is 1. The fourth-order valence-electron chi connectivity index (χ4n) is 5.14. The molecule has 0 aromatic carbocycles. The number of amides is 1. The highest BCUT2D eigenvalue weighted by molar-refractivity contribution is 5.85. The van der Waals surface area contributed by atoms with Gasteiger partial charge in [-0.05, 0) is 24.8 Å². The lowest BCUT2D eigenvalue weighted by molar-refractivity contribution is -0.133. The van der Waals surface area contributed by atoms with E-state index in [9.17, 15) is 9.59 Å². The molecule has 2 fully saturated rings. The highest BCUT2D eigenvalue weighted by Gasteiger charge is 2.40. The van der Waals surface area contributed by atoms with Crippen molar-refractivity contribution in [3.05, 3.63) is 34.2 Å². The lowest BCUT2D eigenvalue weighted by Gasteiger charge is -2.47. The van der Waals surface area contributed by atoms with Crippen molar-refractivity contribution in [1.82, 2.24) is 19.7 Å². The first-order valence-electron chi connectivity index (χ1n) is 10.1. The zero-order chi connectivity index (χ0) is 18.1. The first kappa shape index (κ1) is 23.2. The first-order valence-corrected chi connectivity index (χ1v) is 10.1. The van der Waals surface area contributed by atoms with Gasteiger partial charge >= 0.3 is 0 Å². The molecule has 1 amide bonds. The van der Waals surface area contributed by atoms with Gasteiger partial charge in [-0.3, -0.25) is 14.5 Å². The van der Waals surface area contributed by atoms with Gasteiger partial charge in [0.25, 0.3) is 5.56 Å². The quantitative estimate of drug-likeness (QED) is 0.791. The summed E-state index contributed by atoms with van der Waals surface area (Å²) in [6.07, 6.45) is 3.26. The number of hydrogen-bond donors (Lipinski definition) is 1. The van der Waals surface area contributed by atoms with Crippen molar-refractivity contribution in [3.63, 3.8) is 0 Å². The van der Waals surface area contributed by atoms with E-state index >= 15 is 0 Å². The van der Waals surface area contributed by atoms with E-state index in [1.165, 1.54) is 5.69 Å². The van der Waals surface area contributed by atoms with Gasteiger partial charge in [-0.1, -0.05) is 19.4 Å². The number of aromatic nitrogens is 1. The molecule has 0 radical (unpaired) electrons. The number of carbonyl (C=O) groups is 1. The van der Waals surface area contributed by atoms with Crippen molar-refractivity contribution >= 4 is 30.7 Å². The molecule has 2 saturated heterocycles. The Bertz CT molecular complexity index is 720. The molecule has 28 heavy (non-hydrogen) atoms. The number of likely N-dealkylation sites (tertiary alicyclic amines) is 1. The highest BCUT2D eigenvalue weighted by atomic mass is 35.5. The fourth-order valence-corrected chi connectivity index (χ4v) is 5.14. The Morgan fingerprint density at radius 2 is 1.93 bits per heavy atom. The van der Waals surface area contributed by atoms with Crippen LogP contribution in [0.25, 0.3) is 0 Å². The molecule has 3 aliphatic rings. The molecular weight excluding hydrogens is 399 g/mol. The number of piperazine rings is 1. The van der Waals surface area contributed by atoms with Crippen LogP contribution in [0, 0.1) is 5.92 Å². The molecule has 3 aliphatic heterocycles. The minimum atomic E-state index is 0. The summed E-state index contributed by atoms with van der Waals surface area (Å²) in [6, 6.07) is 5.98. The maximum Gasteiger partial charge on any atom is 0.250 e. The molecule has 4 heterocycles. The van der Waals surface area contributed by atoms with E-state index in [0.717, 1.165) is 58.5 Å². The molecule has 3 atom stereocenters. The molecule has 4 rings (SSSR count). The lowest BCUT2D eigenvalue weighted by atomic mass is 9.77. The van der Waals surface area contributed by atoms with Crippen LogP contribution in [0.2, 0.25) is 0 Å². The van der Waals surface area contributed by atoms with Gasteiger partial charge in [-0.15, -0.1) is 24.8 Å². The van der Waals surface area contributed by atoms with E-state index in [1.807, 2.05) is 11.0 Å². The molecule has 1 aromatic heterocycles. The Morgan fingerprint density at radius 1 is 1.18 bits per heavy atom. The molecule has 0 spiro atoms. The number of carbonyl (C=O) groups excluding carboxylic acids is 1. The molecule has 1 aromatic rings. The third-order valence-corrected chi connectivity index (χ3v) is 6.29. The second-order valence-corrected chi connectivity index (χ2v) is 8.03. The molecule has 0 saturated carbocycles. The number of nitrogens with zero attached hydrogens (tertiary/aromatic N) is 3. The predicted molar refractivity (Wildman–Crippen MR) is 116 cm³/mol. The van der Waals surface area contributed by atoms with Crippen LogP contribution in [-0.4, -0.2) is 66.1 Å². The first-order chi connectivity index (χ1) is 12.7. The lowest BCUT2D eigenvalue weighted by Crippen LogP contribution is -2.54. The minimum Gasteiger partial charge on any atom is -0.339 e. The average molecular weight is 431 g/mol. The molecule has 0 unspecified atom stereocenters. The molecule has 6 nitrogen and oxygen atoms in total. The standard InChI is InChI=1S/C20H30N4O2.2ClH/c1-2-4-17-15-11-16(18-5-3-6-19(25)24(17)18)13-22(12-15)14-20(26)23-9-7-21-8-10-23;;/h3,5-6,15-17,21H,2,4,7-14H2,1H3;2*1H/t15-,16+,17-;;/m0../s1. The number of halogens is 2. The largest absolute Gasteiger partial charge is 0.339 e. The second-order valence-electron chi connectivity index (χ2n) is 8.03. The van der Waals surface area contributed by atoms with Gasteiger partial charge in [-0.25, -0.2) is 0 Å². The minimum absolute atomic E-state index is 0. The number of pyridine rings is 1. The van der Waals surface area contributed by atoms with Crippen LogP contribution in [-0.2, 0) is 4.79 Å². The summed E-state index contributed by atoms with van der Waals surface area (Å²) in [6.45, 7) is 7.94. The van der Waals surface area contributed by atoms with Crippen LogP contribution >= 0.6 is 24.8 Å². The molecule has 8 heteroatoms. The molecule has 158 valence electrons. The SMILES string of the molecule is CCC[C@H]1[C@H]2C[C@H](CN(CC(=O)N3CCNCC3)C2)c2cccc(=O)n21.Cl.Cl. The summed E-state index contributed by atoms with van der Waals surface area (Å²) in [4.78, 5) is 29.6. The van der Waals surface area contributed by atoms with Gasteiger partial charge in [0.2, 0.25) is 5.91 Å². The van der Waals surface area contributed by atoms with Crippen LogP contribution in [0.1, 0.15) is 43.8 Å². The number of hydrogen-bond acceptors (Lipinski definition) is 4. The van der Waals surface area contributed by atoms with Gasteiger partial charge in [0, 0.05) is 63.0 Å². The number of nitrogens with one attached hydrogen (secondary N) is 1. The van der Waals surface area contributed by atoms with Crippen molar-refractivity contribution in [2.24, 2.45) is 5.92 Å². The van der Waals surface area contributed by atoms with Gasteiger partial charge in [0.15, 0.2) is 0 Å². The van der Waals surface area contributed by atoms with Crippen LogP contribution in [0.5, 0.6) is 0 Å². The van der Waals surface area contributed by atoms with E-state index in [1.54, 1.807) is 6.07 Å². The van der Waals surface area contributed by atoms with E-state index in [4.69, 9.17) is 0 Å². The summed E-state index contributed by atoms with van der Waals surface area (Å²) >= 11 is 0. The van der Waals surface area contributed by atoms with Gasteiger partial charge in [0.1, 0.15) is 0 Å². The number of fused-ring (bicyclic) bond motifs is 4. The summed E-state index contributed by atoms with van der Waals surface area (Å²) in [5.41, 5.74) is 1.31. The molecule has 0 aliphatic carbocycles. The molecular formula is C20H32Cl2N4O2. The van der Waals surface area contributed by atoms with Gasteiger partial charge in [0.05, 0.1) is 6.54 Å². The average Bonchev–Trinajstić information content (AvgIpc) is 2.66. The summed E-state index contributed by atoms with van der Waals surface area (Å²) in [7, 11) is 0. The Balaban J connectivity index is 0.00000140. The summed E-state index contributed by atoms with van der Waals surface area (Å²) in [5, 5.41) is 3.30. The zero-order valence-corrected chi connectivity index (χ0v) is 18.1.